The molecule has 0 bridgehead atoms. The lowest BCUT2D eigenvalue weighted by atomic mass is 10.1. The van der Waals surface area contributed by atoms with Gasteiger partial charge in [0.25, 0.3) is 0 Å². The van der Waals surface area contributed by atoms with Crippen LogP contribution in [0.2, 0.25) is 0 Å². The van der Waals surface area contributed by atoms with E-state index in [2.05, 4.69) is 43.5 Å². The summed E-state index contributed by atoms with van der Waals surface area (Å²) in [5.41, 5.74) is 0. The minimum atomic E-state index is -4.41. The molecule has 0 rings (SSSR count). The molecule has 0 aliphatic rings. The molecule has 0 fully saturated rings. The van der Waals surface area contributed by atoms with Gasteiger partial charge in [0.05, 0.1) is 13.2 Å². The van der Waals surface area contributed by atoms with Crippen molar-refractivity contribution in [3.05, 3.63) is 24.3 Å². The van der Waals surface area contributed by atoms with Crippen molar-refractivity contribution < 1.29 is 37.9 Å². The van der Waals surface area contributed by atoms with Crippen LogP contribution in [0.3, 0.4) is 0 Å². The van der Waals surface area contributed by atoms with E-state index in [1.54, 1.807) is 0 Å². The molecule has 0 aliphatic carbocycles. The number of hydrogen-bond acceptors (Lipinski definition) is 7. The van der Waals surface area contributed by atoms with Crippen LogP contribution in [0.15, 0.2) is 24.3 Å². The van der Waals surface area contributed by atoms with Crippen molar-refractivity contribution in [3.63, 3.8) is 0 Å². The number of esters is 1. The first-order valence-corrected chi connectivity index (χ1v) is 22.8. The fraction of sp³-hybridized carbons (Fsp3) is 0.857. The summed E-state index contributed by atoms with van der Waals surface area (Å²) in [6.45, 7) is 3.52. The number of allylic oxidation sites excluding steroid dienone is 4. The third kappa shape index (κ3) is 39.7. The van der Waals surface area contributed by atoms with Gasteiger partial charge >= 0.3 is 13.8 Å². The number of carbonyl (C=O) groups is 2. The first kappa shape index (κ1) is 50.5. The Morgan fingerprint density at radius 1 is 0.577 bits per heavy atom. The first-order chi connectivity index (χ1) is 25.3. The lowest BCUT2D eigenvalue weighted by Crippen LogP contribution is -2.27. The van der Waals surface area contributed by atoms with E-state index in [0.29, 0.717) is 6.42 Å². The normalized spacial score (nSPS) is 13.5. The Morgan fingerprint density at radius 3 is 1.48 bits per heavy atom. The zero-order valence-corrected chi connectivity index (χ0v) is 34.4. The molecule has 10 heteroatoms. The number of amides is 1. The van der Waals surface area contributed by atoms with Gasteiger partial charge in [-0.1, -0.05) is 147 Å². The van der Waals surface area contributed by atoms with E-state index in [4.69, 9.17) is 13.8 Å². The number of rotatable bonds is 40. The van der Waals surface area contributed by atoms with Gasteiger partial charge in [0.2, 0.25) is 5.91 Å². The van der Waals surface area contributed by atoms with Crippen LogP contribution in [0.4, 0.5) is 0 Å². The summed E-state index contributed by atoms with van der Waals surface area (Å²) >= 11 is 0. The van der Waals surface area contributed by atoms with Gasteiger partial charge in [-0.05, 0) is 64.2 Å². The number of hydrogen-bond donors (Lipinski definition) is 3. The van der Waals surface area contributed by atoms with E-state index < -0.39 is 26.5 Å². The maximum atomic E-state index is 12.1. The largest absolute Gasteiger partial charge is 0.472 e. The Morgan fingerprint density at radius 2 is 0.981 bits per heavy atom. The van der Waals surface area contributed by atoms with E-state index in [0.717, 1.165) is 51.4 Å². The lowest BCUT2D eigenvalue weighted by Gasteiger charge is -2.15. The Bertz CT molecular complexity index is 912. The number of ether oxygens (including phenoxy) is 1. The molecular weight excluding hydrogens is 677 g/mol. The number of carbonyl (C=O) groups excluding carboxylic acids is 2. The van der Waals surface area contributed by atoms with Crippen molar-refractivity contribution >= 4 is 19.7 Å². The second kappa shape index (κ2) is 39.2. The molecule has 3 N–H and O–H groups in total. The van der Waals surface area contributed by atoms with E-state index in [9.17, 15) is 24.2 Å². The summed E-state index contributed by atoms with van der Waals surface area (Å²) in [7, 11) is -4.41. The fourth-order valence-corrected chi connectivity index (χ4v) is 6.60. The average molecular weight is 758 g/mol. The Labute approximate surface area is 319 Å². The Kier molecular flexibility index (Phi) is 38.1. The smallest absolute Gasteiger partial charge is 0.463 e. The summed E-state index contributed by atoms with van der Waals surface area (Å²) in [6.07, 6.45) is 41.1. The second-order valence-electron chi connectivity index (χ2n) is 14.3. The molecule has 306 valence electrons. The number of phosphoric acid groups is 1. The molecule has 9 nitrogen and oxygen atoms in total. The van der Waals surface area contributed by atoms with E-state index in [-0.39, 0.29) is 32.1 Å². The van der Waals surface area contributed by atoms with Crippen LogP contribution >= 0.6 is 7.82 Å². The van der Waals surface area contributed by atoms with Crippen LogP contribution in [0.25, 0.3) is 0 Å². The molecule has 0 radical (unpaired) electrons. The van der Waals surface area contributed by atoms with Crippen LogP contribution in [0, 0.1) is 0 Å². The Hall–Kier alpha value is -1.51. The van der Waals surface area contributed by atoms with Gasteiger partial charge in [-0.3, -0.25) is 18.6 Å². The monoisotopic (exact) mass is 758 g/mol. The highest BCUT2D eigenvalue weighted by Gasteiger charge is 2.23. The lowest BCUT2D eigenvalue weighted by molar-refractivity contribution is -0.147. The molecule has 1 amide bonds. The number of aliphatic hydroxyl groups excluding tert-OH is 1. The van der Waals surface area contributed by atoms with Gasteiger partial charge in [0.1, 0.15) is 12.7 Å². The van der Waals surface area contributed by atoms with Crippen molar-refractivity contribution in [1.29, 1.82) is 0 Å². The summed E-state index contributed by atoms with van der Waals surface area (Å²) in [4.78, 5) is 33.8. The van der Waals surface area contributed by atoms with E-state index in [1.807, 2.05) is 0 Å². The average Bonchev–Trinajstić information content (AvgIpc) is 3.13. The number of phosphoric ester groups is 1. The summed E-state index contributed by atoms with van der Waals surface area (Å²) in [5.74, 6) is -0.525. The number of nitrogens with one attached hydrogen (secondary N) is 1. The van der Waals surface area contributed by atoms with E-state index >= 15 is 0 Å². The van der Waals surface area contributed by atoms with Gasteiger partial charge in [-0.15, -0.1) is 0 Å². The first-order valence-electron chi connectivity index (χ1n) is 21.3. The van der Waals surface area contributed by atoms with Crippen molar-refractivity contribution in [2.45, 2.75) is 206 Å². The van der Waals surface area contributed by atoms with Crippen molar-refractivity contribution in [2.24, 2.45) is 0 Å². The highest BCUT2D eigenvalue weighted by Crippen LogP contribution is 2.42. The Balaban J connectivity index is 3.59. The zero-order chi connectivity index (χ0) is 38.2. The van der Waals surface area contributed by atoms with Crippen LogP contribution in [0.1, 0.15) is 200 Å². The van der Waals surface area contributed by atoms with Crippen molar-refractivity contribution in [3.8, 4) is 0 Å². The maximum Gasteiger partial charge on any atom is 0.472 e. The second-order valence-corrected chi connectivity index (χ2v) is 15.8. The molecule has 52 heavy (non-hydrogen) atoms. The fourth-order valence-electron chi connectivity index (χ4n) is 5.84. The SMILES string of the molecule is CCCCC/C=C\CCCCCCCC(=O)NCCOP(=O)(O)OCC(O)COC(=O)CCCCCCCCCCC/C=C/CCCCCCCC. The van der Waals surface area contributed by atoms with Crippen LogP contribution in [0.5, 0.6) is 0 Å². The standard InChI is InChI=1S/C42H80NO8P/c1-3-5-7-9-11-13-15-17-18-19-20-21-22-23-25-27-29-31-33-35-42(46)49-38-40(44)39-51-52(47,48)50-37-36-43-41(45)34-32-30-28-26-24-16-14-12-10-8-6-4-2/h12,14,17-18,40,44H,3-11,13,15-16,19-39H2,1-2H3,(H,43,45)(H,47,48)/b14-12-,18-17+. The van der Waals surface area contributed by atoms with Crippen LogP contribution in [-0.2, 0) is 27.9 Å². The minimum Gasteiger partial charge on any atom is -0.463 e. The molecular formula is C42H80NO8P. The molecule has 0 aliphatic heterocycles. The van der Waals surface area contributed by atoms with Gasteiger partial charge in [0.15, 0.2) is 0 Å². The highest BCUT2D eigenvalue weighted by atomic mass is 31.2. The molecule has 0 aromatic rings. The molecule has 0 spiro atoms. The van der Waals surface area contributed by atoms with Gasteiger partial charge in [-0.25, -0.2) is 4.57 Å². The quantitative estimate of drug-likeness (QED) is 0.0244. The molecule has 0 saturated heterocycles. The summed E-state index contributed by atoms with van der Waals surface area (Å²) in [6, 6.07) is 0. The predicted octanol–water partition coefficient (Wildman–Crippen LogP) is 11.6. The van der Waals surface area contributed by atoms with Crippen molar-refractivity contribution in [1.82, 2.24) is 5.32 Å². The molecule has 0 aromatic carbocycles. The molecule has 0 aromatic heterocycles. The summed E-state index contributed by atoms with van der Waals surface area (Å²) < 4.78 is 26.8. The number of unbranched alkanes of at least 4 members (excludes halogenated alkanes) is 23. The molecule has 0 saturated carbocycles. The third-order valence-corrected chi connectivity index (χ3v) is 10.1. The third-order valence-electron chi connectivity index (χ3n) is 9.10. The molecule has 2 atom stereocenters. The van der Waals surface area contributed by atoms with Crippen LogP contribution in [-0.4, -0.2) is 54.3 Å². The minimum absolute atomic E-state index is 0.0784. The predicted molar refractivity (Wildman–Crippen MR) is 215 cm³/mol. The molecule has 2 unspecified atom stereocenters. The zero-order valence-electron chi connectivity index (χ0n) is 33.5. The highest BCUT2D eigenvalue weighted by molar-refractivity contribution is 7.47. The molecule has 0 heterocycles. The van der Waals surface area contributed by atoms with Gasteiger partial charge in [-0.2, -0.15) is 0 Å². The van der Waals surface area contributed by atoms with Crippen molar-refractivity contribution in [2.75, 3.05) is 26.4 Å². The number of aliphatic hydroxyl groups is 1. The topological polar surface area (TPSA) is 131 Å². The summed E-state index contributed by atoms with van der Waals surface area (Å²) in [5, 5.41) is 12.7. The van der Waals surface area contributed by atoms with Gasteiger partial charge < -0.3 is 20.1 Å². The van der Waals surface area contributed by atoms with Crippen LogP contribution < -0.4 is 5.32 Å². The van der Waals surface area contributed by atoms with Gasteiger partial charge in [0, 0.05) is 19.4 Å². The van der Waals surface area contributed by atoms with E-state index in [1.165, 1.54) is 122 Å². The maximum absolute atomic E-state index is 12.1.